The van der Waals surface area contributed by atoms with Crippen molar-refractivity contribution in [3.05, 3.63) is 0 Å². The second kappa shape index (κ2) is 4.18. The smallest absolute Gasteiger partial charge is 0.408 e. The number of carbonyl (C=O) groups is 1. The second-order valence-corrected chi connectivity index (χ2v) is 3.40. The summed E-state index contributed by atoms with van der Waals surface area (Å²) in [5.41, 5.74) is -0.453. The topological polar surface area (TPSA) is 38.3 Å². The number of ether oxygens (including phenoxy) is 1. The maximum atomic E-state index is 11.0. The molecule has 0 saturated heterocycles. The first-order valence-corrected chi connectivity index (χ1v) is 4.56. The predicted octanol–water partition coefficient (Wildman–Crippen LogP) is 1.68. The molecule has 0 aliphatic heterocycles. The van der Waals surface area contributed by atoms with Gasteiger partial charge in [-0.05, 0) is 12.8 Å². The lowest BCUT2D eigenvalue weighted by Gasteiger charge is -2.32. The van der Waals surface area contributed by atoms with Crippen molar-refractivity contribution < 1.29 is 9.53 Å². The standard InChI is InChI=1S/C10H15NO2/c1-3-10(11-9(12)13-2)7-5-4-6-8-10/h1H,4-8H2,2H3,(H,11,12). The van der Waals surface area contributed by atoms with Crippen molar-refractivity contribution in [3.63, 3.8) is 0 Å². The van der Waals surface area contributed by atoms with E-state index >= 15 is 0 Å². The lowest BCUT2D eigenvalue weighted by molar-refractivity contribution is 0.155. The molecule has 0 heterocycles. The normalized spacial score (nSPS) is 20.0. The van der Waals surface area contributed by atoms with E-state index in [2.05, 4.69) is 16.0 Å². The molecule has 0 aromatic rings. The molecule has 1 amide bonds. The average Bonchev–Trinajstić information content (AvgIpc) is 2.19. The van der Waals surface area contributed by atoms with Gasteiger partial charge >= 0.3 is 6.09 Å². The molecule has 0 aromatic carbocycles. The van der Waals surface area contributed by atoms with Gasteiger partial charge in [-0.15, -0.1) is 6.42 Å². The van der Waals surface area contributed by atoms with Gasteiger partial charge in [0, 0.05) is 0 Å². The predicted molar refractivity (Wildman–Crippen MR) is 50.2 cm³/mol. The van der Waals surface area contributed by atoms with Crippen LogP contribution in [0.5, 0.6) is 0 Å². The number of terminal acetylenes is 1. The van der Waals surface area contributed by atoms with Gasteiger partial charge in [0.1, 0.15) is 5.54 Å². The number of hydrogen-bond acceptors (Lipinski definition) is 2. The van der Waals surface area contributed by atoms with Crippen LogP contribution in [0.2, 0.25) is 0 Å². The van der Waals surface area contributed by atoms with Crippen LogP contribution in [0.1, 0.15) is 32.1 Å². The molecule has 0 spiro atoms. The summed E-state index contributed by atoms with van der Waals surface area (Å²) in [6, 6.07) is 0. The van der Waals surface area contributed by atoms with Gasteiger partial charge in [-0.25, -0.2) is 4.79 Å². The summed E-state index contributed by atoms with van der Waals surface area (Å²) >= 11 is 0. The van der Waals surface area contributed by atoms with Crippen molar-refractivity contribution in [1.29, 1.82) is 0 Å². The minimum atomic E-state index is -0.453. The molecule has 0 aromatic heterocycles. The van der Waals surface area contributed by atoms with Gasteiger partial charge < -0.3 is 10.1 Å². The quantitative estimate of drug-likeness (QED) is 0.625. The van der Waals surface area contributed by atoms with Crippen molar-refractivity contribution in [3.8, 4) is 12.3 Å². The lowest BCUT2D eigenvalue weighted by atomic mass is 9.82. The van der Waals surface area contributed by atoms with E-state index in [0.717, 1.165) is 25.7 Å². The van der Waals surface area contributed by atoms with Gasteiger partial charge in [0.25, 0.3) is 0 Å². The van der Waals surface area contributed by atoms with E-state index in [0.29, 0.717) is 0 Å². The Balaban J connectivity index is 2.59. The number of hydrogen-bond donors (Lipinski definition) is 1. The number of alkyl carbamates (subject to hydrolysis) is 1. The zero-order chi connectivity index (χ0) is 9.73. The Morgan fingerprint density at radius 3 is 2.54 bits per heavy atom. The van der Waals surface area contributed by atoms with Crippen molar-refractivity contribution in [2.75, 3.05) is 7.11 Å². The zero-order valence-corrected chi connectivity index (χ0v) is 7.93. The third kappa shape index (κ3) is 2.38. The zero-order valence-electron chi connectivity index (χ0n) is 7.93. The van der Waals surface area contributed by atoms with E-state index in [9.17, 15) is 4.79 Å². The van der Waals surface area contributed by atoms with Crippen LogP contribution in [0.3, 0.4) is 0 Å². The van der Waals surface area contributed by atoms with Crippen molar-refractivity contribution in [2.45, 2.75) is 37.6 Å². The van der Waals surface area contributed by atoms with E-state index in [-0.39, 0.29) is 0 Å². The fourth-order valence-corrected chi connectivity index (χ4v) is 1.71. The molecular formula is C10H15NO2. The van der Waals surface area contributed by atoms with E-state index in [4.69, 9.17) is 6.42 Å². The number of amides is 1. The summed E-state index contributed by atoms with van der Waals surface area (Å²) in [5.74, 6) is 2.67. The molecule has 0 unspecified atom stereocenters. The number of methoxy groups -OCH3 is 1. The summed E-state index contributed by atoms with van der Waals surface area (Å²) in [6.45, 7) is 0. The van der Waals surface area contributed by atoms with Crippen molar-refractivity contribution >= 4 is 6.09 Å². The van der Waals surface area contributed by atoms with Crippen LogP contribution in [0.15, 0.2) is 0 Å². The highest BCUT2D eigenvalue weighted by molar-refractivity contribution is 5.68. The summed E-state index contributed by atoms with van der Waals surface area (Å²) in [4.78, 5) is 11.0. The van der Waals surface area contributed by atoms with Gasteiger partial charge in [0.15, 0.2) is 0 Å². The van der Waals surface area contributed by atoms with E-state index in [1.165, 1.54) is 13.5 Å². The van der Waals surface area contributed by atoms with E-state index < -0.39 is 11.6 Å². The van der Waals surface area contributed by atoms with Gasteiger partial charge in [-0.2, -0.15) is 0 Å². The lowest BCUT2D eigenvalue weighted by Crippen LogP contribution is -2.48. The Kier molecular flexibility index (Phi) is 3.18. The summed E-state index contributed by atoms with van der Waals surface area (Å²) in [6.07, 6.45) is 10.1. The highest BCUT2D eigenvalue weighted by Gasteiger charge is 2.31. The largest absolute Gasteiger partial charge is 0.453 e. The molecule has 1 N–H and O–H groups in total. The Labute approximate surface area is 78.8 Å². The first kappa shape index (κ1) is 9.91. The molecule has 0 atom stereocenters. The minimum Gasteiger partial charge on any atom is -0.453 e. The maximum Gasteiger partial charge on any atom is 0.408 e. The first-order valence-electron chi connectivity index (χ1n) is 4.56. The third-order valence-electron chi connectivity index (χ3n) is 2.51. The molecule has 72 valence electrons. The molecule has 1 aliphatic rings. The van der Waals surface area contributed by atoms with Crippen molar-refractivity contribution in [2.24, 2.45) is 0 Å². The highest BCUT2D eigenvalue weighted by atomic mass is 16.5. The summed E-state index contributed by atoms with van der Waals surface area (Å²) < 4.78 is 4.53. The van der Waals surface area contributed by atoms with Gasteiger partial charge in [-0.3, -0.25) is 0 Å². The summed E-state index contributed by atoms with van der Waals surface area (Å²) in [5, 5.41) is 2.73. The molecule has 3 heteroatoms. The number of rotatable bonds is 1. The van der Waals surface area contributed by atoms with Crippen LogP contribution < -0.4 is 5.32 Å². The third-order valence-corrected chi connectivity index (χ3v) is 2.51. The van der Waals surface area contributed by atoms with Crippen LogP contribution in [0.4, 0.5) is 4.79 Å². The van der Waals surface area contributed by atoms with Crippen LogP contribution in [0, 0.1) is 12.3 Å². The van der Waals surface area contributed by atoms with Gasteiger partial charge in [0.05, 0.1) is 7.11 Å². The molecule has 1 saturated carbocycles. The summed E-state index contributed by atoms with van der Waals surface area (Å²) in [7, 11) is 1.35. The van der Waals surface area contributed by atoms with E-state index in [1.807, 2.05) is 0 Å². The molecular weight excluding hydrogens is 166 g/mol. The van der Waals surface area contributed by atoms with Crippen molar-refractivity contribution in [1.82, 2.24) is 5.32 Å². The maximum absolute atomic E-state index is 11.0. The molecule has 1 rings (SSSR count). The fourth-order valence-electron chi connectivity index (χ4n) is 1.71. The monoisotopic (exact) mass is 181 g/mol. The molecule has 3 nitrogen and oxygen atoms in total. The molecule has 1 fully saturated rings. The average molecular weight is 181 g/mol. The molecule has 1 aliphatic carbocycles. The fraction of sp³-hybridized carbons (Fsp3) is 0.700. The van der Waals surface area contributed by atoms with Crippen LogP contribution in [0.25, 0.3) is 0 Å². The SMILES string of the molecule is C#CC1(NC(=O)OC)CCCCC1. The Bertz CT molecular complexity index is 224. The molecule has 13 heavy (non-hydrogen) atoms. The van der Waals surface area contributed by atoms with Crippen LogP contribution >= 0.6 is 0 Å². The number of nitrogens with one attached hydrogen (secondary N) is 1. The van der Waals surface area contributed by atoms with E-state index in [1.54, 1.807) is 0 Å². The molecule has 0 radical (unpaired) electrons. The second-order valence-electron chi connectivity index (χ2n) is 3.40. The van der Waals surface area contributed by atoms with Gasteiger partial charge in [0.2, 0.25) is 0 Å². The molecule has 0 bridgehead atoms. The highest BCUT2D eigenvalue weighted by Crippen LogP contribution is 2.27. The Morgan fingerprint density at radius 2 is 2.08 bits per heavy atom. The Hall–Kier alpha value is -1.17. The minimum absolute atomic E-state index is 0.431. The van der Waals surface area contributed by atoms with Crippen LogP contribution in [-0.4, -0.2) is 18.7 Å². The Morgan fingerprint density at radius 1 is 1.46 bits per heavy atom. The first-order chi connectivity index (χ1) is 6.22. The number of carbonyl (C=O) groups excluding carboxylic acids is 1. The van der Waals surface area contributed by atoms with Crippen LogP contribution in [-0.2, 0) is 4.74 Å². The van der Waals surface area contributed by atoms with Gasteiger partial charge in [-0.1, -0.05) is 25.2 Å².